The van der Waals surface area contributed by atoms with Crippen molar-refractivity contribution in [1.29, 1.82) is 0 Å². The molecule has 1 heterocycles. The highest BCUT2D eigenvalue weighted by atomic mass is 79.9. The third kappa shape index (κ3) is 3.68. The molecule has 114 valence electrons. The predicted octanol–water partition coefficient (Wildman–Crippen LogP) is 4.89. The molecule has 1 N–H and O–H groups in total. The zero-order chi connectivity index (χ0) is 15.6. The number of halogens is 2. The lowest BCUT2D eigenvalue weighted by Gasteiger charge is -2.23. The maximum atomic E-state index is 6.41. The summed E-state index contributed by atoms with van der Waals surface area (Å²) in [6.07, 6.45) is 1.73. The summed E-state index contributed by atoms with van der Waals surface area (Å²) in [6.45, 7) is 9.28. The van der Waals surface area contributed by atoms with Crippen LogP contribution >= 0.6 is 27.5 Å². The van der Waals surface area contributed by atoms with Crippen molar-refractivity contribution in [3.8, 4) is 0 Å². The van der Waals surface area contributed by atoms with E-state index >= 15 is 0 Å². The Morgan fingerprint density at radius 1 is 1.33 bits per heavy atom. The molecule has 2 aromatic rings. The number of rotatable bonds is 5. The Balaban J connectivity index is 2.56. The third-order valence-corrected chi connectivity index (χ3v) is 4.10. The van der Waals surface area contributed by atoms with Gasteiger partial charge in [-0.05, 0) is 50.6 Å². The molecule has 0 bridgehead atoms. The second-order valence-corrected chi connectivity index (χ2v) is 6.79. The topological polar surface area (TPSA) is 29.9 Å². The van der Waals surface area contributed by atoms with Gasteiger partial charge in [0.05, 0.1) is 23.0 Å². The van der Waals surface area contributed by atoms with E-state index in [-0.39, 0.29) is 12.1 Å². The van der Waals surface area contributed by atoms with Crippen LogP contribution < -0.4 is 5.32 Å². The molecular weight excluding hydrogens is 350 g/mol. The average Bonchev–Trinajstić information content (AvgIpc) is 2.76. The van der Waals surface area contributed by atoms with Crippen molar-refractivity contribution in [2.75, 3.05) is 6.54 Å². The molecule has 0 fully saturated rings. The Kier molecular flexibility index (Phi) is 5.47. The number of hydrogen-bond donors (Lipinski definition) is 1. The van der Waals surface area contributed by atoms with Crippen LogP contribution in [-0.4, -0.2) is 16.3 Å². The zero-order valence-corrected chi connectivity index (χ0v) is 15.2. The van der Waals surface area contributed by atoms with E-state index in [0.717, 1.165) is 16.7 Å². The molecule has 3 nitrogen and oxygen atoms in total. The number of nitrogens with zero attached hydrogens (tertiary/aromatic N) is 2. The molecule has 5 heteroatoms. The second-order valence-electron chi connectivity index (χ2n) is 5.47. The summed E-state index contributed by atoms with van der Waals surface area (Å²) in [4.78, 5) is 0. The SMILES string of the molecule is CCNC(c1cc(C)cc(Br)c1)c1c(Cl)cnn1C(C)C. The van der Waals surface area contributed by atoms with Crippen LogP contribution in [0, 0.1) is 6.92 Å². The molecule has 21 heavy (non-hydrogen) atoms. The van der Waals surface area contributed by atoms with Crippen molar-refractivity contribution in [3.63, 3.8) is 0 Å². The Hall–Kier alpha value is -0.840. The smallest absolute Gasteiger partial charge is 0.0837 e. The molecule has 0 radical (unpaired) electrons. The maximum absolute atomic E-state index is 6.41. The number of nitrogens with one attached hydrogen (secondary N) is 1. The minimum atomic E-state index is 0.0311. The molecule has 0 amide bonds. The van der Waals surface area contributed by atoms with E-state index in [4.69, 9.17) is 11.6 Å². The summed E-state index contributed by atoms with van der Waals surface area (Å²) < 4.78 is 3.07. The molecular formula is C16H21BrClN3. The van der Waals surface area contributed by atoms with Gasteiger partial charge in [-0.2, -0.15) is 5.10 Å². The summed E-state index contributed by atoms with van der Waals surface area (Å²) >= 11 is 9.99. The monoisotopic (exact) mass is 369 g/mol. The molecule has 0 aliphatic rings. The molecule has 2 rings (SSSR count). The number of aromatic nitrogens is 2. The van der Waals surface area contributed by atoms with E-state index < -0.39 is 0 Å². The van der Waals surface area contributed by atoms with E-state index in [9.17, 15) is 0 Å². The first-order valence-electron chi connectivity index (χ1n) is 7.17. The van der Waals surface area contributed by atoms with Crippen LogP contribution in [0.4, 0.5) is 0 Å². The van der Waals surface area contributed by atoms with Crippen LogP contribution in [-0.2, 0) is 0 Å². The summed E-state index contributed by atoms with van der Waals surface area (Å²) in [5.41, 5.74) is 3.42. The van der Waals surface area contributed by atoms with Gasteiger partial charge in [-0.25, -0.2) is 0 Å². The van der Waals surface area contributed by atoms with Gasteiger partial charge in [0, 0.05) is 10.5 Å². The van der Waals surface area contributed by atoms with E-state index in [1.807, 2.05) is 4.68 Å². The van der Waals surface area contributed by atoms with Gasteiger partial charge >= 0.3 is 0 Å². The van der Waals surface area contributed by atoms with Crippen molar-refractivity contribution in [2.45, 2.75) is 39.8 Å². The fraction of sp³-hybridized carbons (Fsp3) is 0.438. The molecule has 0 aliphatic carbocycles. The summed E-state index contributed by atoms with van der Waals surface area (Å²) in [5.74, 6) is 0. The fourth-order valence-corrected chi connectivity index (χ4v) is 3.40. The summed E-state index contributed by atoms with van der Waals surface area (Å²) in [6, 6.07) is 6.72. The summed E-state index contributed by atoms with van der Waals surface area (Å²) in [5, 5.41) is 8.65. The Bertz CT molecular complexity index is 602. The molecule has 0 saturated heterocycles. The Labute approximate surface area is 139 Å². The van der Waals surface area contributed by atoms with Gasteiger partial charge in [0.15, 0.2) is 0 Å². The zero-order valence-electron chi connectivity index (χ0n) is 12.8. The van der Waals surface area contributed by atoms with Crippen LogP contribution in [0.3, 0.4) is 0 Å². The number of aryl methyl sites for hydroxylation is 1. The van der Waals surface area contributed by atoms with Crippen molar-refractivity contribution >= 4 is 27.5 Å². The van der Waals surface area contributed by atoms with Gasteiger partial charge in [0.1, 0.15) is 0 Å². The lowest BCUT2D eigenvalue weighted by Crippen LogP contribution is -2.26. The average molecular weight is 371 g/mol. The number of benzene rings is 1. The van der Waals surface area contributed by atoms with E-state index in [1.54, 1.807) is 6.20 Å². The van der Waals surface area contributed by atoms with Gasteiger partial charge in [0.25, 0.3) is 0 Å². The standard InChI is InChI=1S/C16H21BrClN3/c1-5-19-15(12-6-11(4)7-13(17)8-12)16-14(18)9-20-21(16)10(2)3/h6-10,15,19H,5H2,1-4H3. The highest BCUT2D eigenvalue weighted by Gasteiger charge is 2.23. The molecule has 1 atom stereocenters. The van der Waals surface area contributed by atoms with Gasteiger partial charge in [-0.1, -0.05) is 40.5 Å². The first kappa shape index (κ1) is 16.5. The molecule has 1 aromatic carbocycles. The maximum Gasteiger partial charge on any atom is 0.0837 e. The largest absolute Gasteiger partial charge is 0.305 e. The van der Waals surface area contributed by atoms with E-state index in [0.29, 0.717) is 5.02 Å². The van der Waals surface area contributed by atoms with Crippen LogP contribution in [0.5, 0.6) is 0 Å². The molecule has 0 aliphatic heterocycles. The quantitative estimate of drug-likeness (QED) is 0.812. The molecule has 1 aromatic heterocycles. The third-order valence-electron chi connectivity index (χ3n) is 3.36. The van der Waals surface area contributed by atoms with E-state index in [1.165, 1.54) is 11.1 Å². The normalized spacial score (nSPS) is 12.9. The van der Waals surface area contributed by atoms with Gasteiger partial charge in [-0.3, -0.25) is 4.68 Å². The lowest BCUT2D eigenvalue weighted by atomic mass is 10.0. The van der Waals surface area contributed by atoms with Crippen LogP contribution in [0.25, 0.3) is 0 Å². The lowest BCUT2D eigenvalue weighted by molar-refractivity contribution is 0.476. The minimum absolute atomic E-state index is 0.0311. The highest BCUT2D eigenvalue weighted by molar-refractivity contribution is 9.10. The Morgan fingerprint density at radius 2 is 2.05 bits per heavy atom. The van der Waals surface area contributed by atoms with Crippen molar-refractivity contribution < 1.29 is 0 Å². The van der Waals surface area contributed by atoms with Gasteiger partial charge in [-0.15, -0.1) is 0 Å². The molecule has 0 saturated carbocycles. The van der Waals surface area contributed by atoms with Crippen LogP contribution in [0.1, 0.15) is 49.7 Å². The second kappa shape index (κ2) is 6.95. The van der Waals surface area contributed by atoms with Gasteiger partial charge < -0.3 is 5.32 Å². The Morgan fingerprint density at radius 3 is 2.62 bits per heavy atom. The van der Waals surface area contributed by atoms with Crippen molar-refractivity contribution in [2.24, 2.45) is 0 Å². The summed E-state index contributed by atoms with van der Waals surface area (Å²) in [7, 11) is 0. The van der Waals surface area contributed by atoms with E-state index in [2.05, 4.69) is 72.2 Å². The van der Waals surface area contributed by atoms with Gasteiger partial charge in [0.2, 0.25) is 0 Å². The van der Waals surface area contributed by atoms with Crippen molar-refractivity contribution in [3.05, 3.63) is 50.7 Å². The predicted molar refractivity (Wildman–Crippen MR) is 92.0 cm³/mol. The molecule has 1 unspecified atom stereocenters. The van der Waals surface area contributed by atoms with Crippen LogP contribution in [0.2, 0.25) is 5.02 Å². The fourth-order valence-electron chi connectivity index (χ4n) is 2.54. The van der Waals surface area contributed by atoms with Crippen molar-refractivity contribution in [1.82, 2.24) is 15.1 Å². The van der Waals surface area contributed by atoms with Crippen LogP contribution in [0.15, 0.2) is 28.9 Å². The first-order chi connectivity index (χ1) is 9.93. The first-order valence-corrected chi connectivity index (χ1v) is 8.34. The molecule has 0 spiro atoms. The highest BCUT2D eigenvalue weighted by Crippen LogP contribution is 2.32. The number of hydrogen-bond acceptors (Lipinski definition) is 2. The minimum Gasteiger partial charge on any atom is -0.305 e.